The summed E-state index contributed by atoms with van der Waals surface area (Å²) in [6.45, 7) is 4.75. The molecule has 42 heavy (non-hydrogen) atoms. The quantitative estimate of drug-likeness (QED) is 0.203. The summed E-state index contributed by atoms with van der Waals surface area (Å²) in [5.74, 6) is 6.99. The van der Waals surface area contributed by atoms with Crippen LogP contribution < -0.4 is 0 Å². The summed E-state index contributed by atoms with van der Waals surface area (Å²) in [7, 11) is 0. The topological polar surface area (TPSA) is 103 Å². The first-order chi connectivity index (χ1) is 20.2. The third-order valence-corrected chi connectivity index (χ3v) is 9.18. The number of hydrogen-bond acceptors (Lipinski definition) is 6. The Balaban J connectivity index is 1.21. The molecule has 2 aliphatic rings. The van der Waals surface area contributed by atoms with Crippen LogP contribution in [0.15, 0.2) is 41.4 Å². The number of ether oxygens (including phenoxy) is 1. The third kappa shape index (κ3) is 5.54. The summed E-state index contributed by atoms with van der Waals surface area (Å²) in [4.78, 5) is 20.0. The van der Waals surface area contributed by atoms with E-state index in [0.29, 0.717) is 45.2 Å². The molecule has 8 nitrogen and oxygen atoms in total. The number of nitrogens with zero attached hydrogens (tertiary/aromatic N) is 4. The van der Waals surface area contributed by atoms with E-state index in [4.69, 9.17) is 32.5 Å². The number of carboxylic acid groups (broad SMARTS) is 1. The van der Waals surface area contributed by atoms with Gasteiger partial charge in [0, 0.05) is 41.1 Å². The molecule has 0 aromatic carbocycles. The van der Waals surface area contributed by atoms with Gasteiger partial charge in [-0.2, -0.15) is 0 Å². The normalized spacial score (nSPS) is 22.2. The molecule has 0 bridgehead atoms. The highest BCUT2D eigenvalue weighted by molar-refractivity contribution is 6.38. The molecule has 0 atom stereocenters. The second-order valence-electron chi connectivity index (χ2n) is 11.7. The molecule has 1 N–H and O–H groups in total. The second kappa shape index (κ2) is 11.4. The predicted molar refractivity (Wildman–Crippen MR) is 160 cm³/mol. The lowest BCUT2D eigenvalue weighted by Gasteiger charge is -2.43. The van der Waals surface area contributed by atoms with Gasteiger partial charge in [-0.05, 0) is 69.9 Å². The first kappa shape index (κ1) is 28.7. The summed E-state index contributed by atoms with van der Waals surface area (Å²) in [5, 5.41) is 14.7. The average molecular weight is 608 g/mol. The smallest absolute Gasteiger partial charge is 0.339 e. The Morgan fingerprint density at radius 2 is 1.93 bits per heavy atom. The molecular weight excluding hydrogens is 575 g/mol. The van der Waals surface area contributed by atoms with Crippen molar-refractivity contribution in [1.29, 1.82) is 0 Å². The molecule has 2 saturated carbocycles. The lowest BCUT2D eigenvalue weighted by molar-refractivity contribution is -0.0984. The molecular formula is C32H32Cl2N4O4. The van der Waals surface area contributed by atoms with Crippen LogP contribution in [0, 0.1) is 17.3 Å². The van der Waals surface area contributed by atoms with Gasteiger partial charge >= 0.3 is 5.97 Å². The number of rotatable bonds is 8. The summed E-state index contributed by atoms with van der Waals surface area (Å²) in [5.41, 5.74) is 2.93. The van der Waals surface area contributed by atoms with Gasteiger partial charge in [-0.1, -0.05) is 47.6 Å². The van der Waals surface area contributed by atoms with Crippen LogP contribution in [0.4, 0.5) is 0 Å². The fourth-order valence-corrected chi connectivity index (χ4v) is 6.52. The van der Waals surface area contributed by atoms with Gasteiger partial charge in [0.2, 0.25) is 0 Å². The van der Waals surface area contributed by atoms with E-state index in [9.17, 15) is 9.90 Å². The summed E-state index contributed by atoms with van der Waals surface area (Å²) < 4.78 is 14.4. The molecule has 2 aliphatic carbocycles. The van der Waals surface area contributed by atoms with Crippen LogP contribution in [0.2, 0.25) is 10.0 Å². The van der Waals surface area contributed by atoms with Crippen molar-refractivity contribution in [1.82, 2.24) is 19.5 Å². The van der Waals surface area contributed by atoms with Crippen LogP contribution in [-0.2, 0) is 11.3 Å². The lowest BCUT2D eigenvalue weighted by atomic mass is 9.68. The van der Waals surface area contributed by atoms with Gasteiger partial charge in [0.15, 0.2) is 5.65 Å². The highest BCUT2D eigenvalue weighted by Crippen LogP contribution is 2.48. The van der Waals surface area contributed by atoms with Gasteiger partial charge < -0.3 is 14.4 Å². The van der Waals surface area contributed by atoms with E-state index in [1.54, 1.807) is 41.3 Å². The molecule has 0 spiro atoms. The maximum atomic E-state index is 11.6. The first-order valence-electron chi connectivity index (χ1n) is 14.4. The van der Waals surface area contributed by atoms with Crippen LogP contribution in [-0.4, -0.2) is 36.2 Å². The van der Waals surface area contributed by atoms with Crippen LogP contribution in [0.25, 0.3) is 16.9 Å². The predicted octanol–water partition coefficient (Wildman–Crippen LogP) is 7.95. The Morgan fingerprint density at radius 3 is 2.60 bits per heavy atom. The van der Waals surface area contributed by atoms with Gasteiger partial charge in [-0.15, -0.1) is 0 Å². The monoisotopic (exact) mass is 606 g/mol. The highest BCUT2D eigenvalue weighted by atomic mass is 35.5. The molecule has 10 heteroatoms. The van der Waals surface area contributed by atoms with Gasteiger partial charge in [0.25, 0.3) is 0 Å². The van der Waals surface area contributed by atoms with E-state index in [1.165, 1.54) is 0 Å². The number of carboxylic acids is 1. The van der Waals surface area contributed by atoms with E-state index in [2.05, 4.69) is 40.8 Å². The molecule has 4 aromatic rings. The molecule has 0 saturated heterocycles. The molecule has 0 radical (unpaired) electrons. The Labute approximate surface area is 254 Å². The van der Waals surface area contributed by atoms with Crippen molar-refractivity contribution in [3.63, 3.8) is 0 Å². The van der Waals surface area contributed by atoms with E-state index in [0.717, 1.165) is 62.7 Å². The van der Waals surface area contributed by atoms with Crippen molar-refractivity contribution in [3.05, 3.63) is 69.5 Å². The molecule has 218 valence electrons. The minimum Gasteiger partial charge on any atom is -0.478 e. The molecule has 0 aliphatic heterocycles. The van der Waals surface area contributed by atoms with Crippen molar-refractivity contribution in [2.75, 3.05) is 0 Å². The third-order valence-electron chi connectivity index (χ3n) is 8.61. The number of halogens is 2. The van der Waals surface area contributed by atoms with Crippen LogP contribution in [0.3, 0.4) is 0 Å². The average Bonchev–Trinajstić information content (AvgIpc) is 3.60. The minimum absolute atomic E-state index is 0.158. The van der Waals surface area contributed by atoms with Crippen molar-refractivity contribution in [3.8, 4) is 23.1 Å². The maximum Gasteiger partial charge on any atom is 0.339 e. The van der Waals surface area contributed by atoms with E-state index >= 15 is 0 Å². The molecule has 2 fully saturated rings. The number of imidazole rings is 1. The van der Waals surface area contributed by atoms with Gasteiger partial charge in [-0.25, -0.2) is 9.78 Å². The van der Waals surface area contributed by atoms with Crippen molar-refractivity contribution >= 4 is 34.8 Å². The summed E-state index contributed by atoms with van der Waals surface area (Å²) in [6.07, 6.45) is 14.2. The minimum atomic E-state index is -1.01. The summed E-state index contributed by atoms with van der Waals surface area (Å²) in [6, 6.07) is 3.25. The number of carbonyl (C=O) groups is 1. The Morgan fingerprint density at radius 1 is 1.19 bits per heavy atom. The highest BCUT2D eigenvalue weighted by Gasteiger charge is 2.41. The van der Waals surface area contributed by atoms with Crippen molar-refractivity contribution in [2.45, 2.75) is 83.3 Å². The van der Waals surface area contributed by atoms with E-state index in [-0.39, 0.29) is 16.6 Å². The van der Waals surface area contributed by atoms with Crippen LogP contribution in [0.1, 0.15) is 98.5 Å². The van der Waals surface area contributed by atoms with Crippen molar-refractivity contribution in [2.24, 2.45) is 5.41 Å². The first-order valence-corrected chi connectivity index (χ1v) is 15.1. The SMILES string of the molecule is CCCC1(OCc2c(-c3c(Cl)cncc3Cl)noc2C2CC2)CCC(C)(C#Cc2cnc3c(C(=O)O)cccn23)CC1. The Hall–Kier alpha value is -3.38. The Bertz CT molecular complexity index is 1680. The molecule has 0 amide bonds. The zero-order chi connectivity index (χ0) is 29.5. The number of aromatic nitrogens is 4. The van der Waals surface area contributed by atoms with E-state index in [1.807, 2.05) is 0 Å². The standard InChI is InChI=1S/C32H32Cl2N4O4/c1-3-9-32(41-19-23-27(37-42-28(23)20-6-7-20)26-24(33)17-35-18-25(26)34)13-11-31(2,12-14-32)10-8-21-16-36-29-22(30(39)40)5-4-15-38(21)29/h4-5,15-18,20H,3,6-7,9,11-14,19H2,1-2H3,(H,39,40). The van der Waals surface area contributed by atoms with Crippen LogP contribution in [0.5, 0.6) is 0 Å². The molecule has 6 rings (SSSR count). The van der Waals surface area contributed by atoms with Gasteiger partial charge in [0.05, 0.1) is 28.5 Å². The van der Waals surface area contributed by atoms with Gasteiger partial charge in [0.1, 0.15) is 22.7 Å². The zero-order valence-electron chi connectivity index (χ0n) is 23.6. The fraction of sp³-hybridized carbons (Fsp3) is 0.438. The second-order valence-corrected chi connectivity index (χ2v) is 12.5. The molecule has 0 unspecified atom stereocenters. The zero-order valence-corrected chi connectivity index (χ0v) is 25.1. The van der Waals surface area contributed by atoms with Crippen molar-refractivity contribution < 1.29 is 19.2 Å². The summed E-state index contributed by atoms with van der Waals surface area (Å²) >= 11 is 13.0. The fourth-order valence-electron chi connectivity index (χ4n) is 5.98. The number of hydrogen-bond donors (Lipinski definition) is 1. The van der Waals surface area contributed by atoms with E-state index < -0.39 is 5.97 Å². The largest absolute Gasteiger partial charge is 0.478 e. The Kier molecular flexibility index (Phi) is 7.77. The molecule has 4 aromatic heterocycles. The number of aromatic carboxylic acids is 1. The maximum absolute atomic E-state index is 11.6. The molecule has 4 heterocycles. The number of fused-ring (bicyclic) bond motifs is 1. The van der Waals surface area contributed by atoms with Gasteiger partial charge in [-0.3, -0.25) is 9.38 Å². The number of pyridine rings is 2. The van der Waals surface area contributed by atoms with Crippen LogP contribution >= 0.6 is 23.2 Å². The lowest BCUT2D eigenvalue weighted by Crippen LogP contribution is -2.40.